The first-order valence-electron chi connectivity index (χ1n) is 8.46. The molecule has 144 valence electrons. The molecule has 7 heteroatoms. The predicted octanol–water partition coefficient (Wildman–Crippen LogP) is 2.12. The summed E-state index contributed by atoms with van der Waals surface area (Å²) in [5, 5.41) is 14.8. The average molecular weight is 373 g/mol. The molecule has 2 aromatic carbocycles. The van der Waals surface area contributed by atoms with Crippen molar-refractivity contribution in [2.75, 3.05) is 20.2 Å². The lowest BCUT2D eigenvalue weighted by molar-refractivity contribution is -0.159. The van der Waals surface area contributed by atoms with Crippen LogP contribution < -0.4 is 4.74 Å². The highest BCUT2D eigenvalue weighted by Gasteiger charge is 2.34. The van der Waals surface area contributed by atoms with Crippen LogP contribution in [0.4, 0.5) is 0 Å². The molecule has 1 saturated heterocycles. The third-order valence-electron chi connectivity index (χ3n) is 4.06. The molecule has 3 rings (SSSR count). The van der Waals surface area contributed by atoms with Crippen LogP contribution in [0.5, 0.6) is 5.75 Å². The fraction of sp³-hybridized carbons (Fsp3) is 0.300. The number of likely N-dealkylation sites (tertiary alicyclic amines) is 1. The molecule has 0 aromatic heterocycles. The first kappa shape index (κ1) is 20.4. The Balaban J connectivity index is 0.000000380. The molecule has 1 aliphatic heterocycles. The Hall–Kier alpha value is -2.90. The van der Waals surface area contributed by atoms with Crippen molar-refractivity contribution in [1.82, 2.24) is 4.90 Å². The number of nitrogens with zero attached hydrogens (tertiary/aromatic N) is 1. The van der Waals surface area contributed by atoms with Gasteiger partial charge in [0, 0.05) is 26.7 Å². The Kier molecular flexibility index (Phi) is 7.79. The Bertz CT molecular complexity index is 710. The number of hydrogen-bond acceptors (Lipinski definition) is 5. The summed E-state index contributed by atoms with van der Waals surface area (Å²) in [4.78, 5) is 20.6. The minimum absolute atomic E-state index is 0.0844. The predicted molar refractivity (Wildman–Crippen MR) is 98.6 cm³/mol. The van der Waals surface area contributed by atoms with Crippen LogP contribution in [0.25, 0.3) is 0 Å². The molecular weight excluding hydrogens is 350 g/mol. The summed E-state index contributed by atoms with van der Waals surface area (Å²) >= 11 is 0. The number of hydrogen-bond donors (Lipinski definition) is 2. The molecule has 0 radical (unpaired) electrons. The van der Waals surface area contributed by atoms with Crippen molar-refractivity contribution in [3.05, 3.63) is 66.2 Å². The second-order valence-electron chi connectivity index (χ2n) is 6.03. The van der Waals surface area contributed by atoms with Gasteiger partial charge in [0.05, 0.1) is 0 Å². The largest absolute Gasteiger partial charge is 0.486 e. The lowest BCUT2D eigenvalue weighted by Gasteiger charge is -2.18. The highest BCUT2D eigenvalue weighted by atomic mass is 16.5. The zero-order valence-electron chi connectivity index (χ0n) is 15.0. The maximum Gasteiger partial charge on any atom is 0.414 e. The lowest BCUT2D eigenvalue weighted by atomic mass is 10.2. The molecule has 0 unspecified atom stereocenters. The molecule has 2 atom stereocenters. The Morgan fingerprint density at radius 3 is 1.96 bits per heavy atom. The van der Waals surface area contributed by atoms with Crippen LogP contribution in [0.3, 0.4) is 0 Å². The molecule has 1 fully saturated rings. The molecule has 1 aliphatic rings. The molecule has 7 nitrogen and oxygen atoms in total. The molecule has 0 aliphatic carbocycles. The highest BCUT2D eigenvalue weighted by Crippen LogP contribution is 2.21. The Morgan fingerprint density at radius 1 is 0.926 bits per heavy atom. The smallest absolute Gasteiger partial charge is 0.414 e. The Morgan fingerprint density at radius 2 is 1.44 bits per heavy atom. The van der Waals surface area contributed by atoms with Gasteiger partial charge in [-0.15, -0.1) is 0 Å². The summed E-state index contributed by atoms with van der Waals surface area (Å²) in [6.45, 7) is 2.74. The van der Waals surface area contributed by atoms with Crippen LogP contribution in [-0.2, 0) is 20.9 Å². The van der Waals surface area contributed by atoms with Crippen molar-refractivity contribution in [2.45, 2.75) is 18.8 Å². The van der Waals surface area contributed by atoms with Crippen LogP contribution in [0.1, 0.15) is 5.56 Å². The van der Waals surface area contributed by atoms with Crippen LogP contribution in [-0.4, -0.2) is 59.5 Å². The number of carboxylic acids is 2. The van der Waals surface area contributed by atoms with E-state index in [1.54, 1.807) is 7.11 Å². The molecule has 0 saturated carbocycles. The van der Waals surface area contributed by atoms with E-state index in [1.165, 1.54) is 5.56 Å². The number of aliphatic carboxylic acids is 2. The van der Waals surface area contributed by atoms with Gasteiger partial charge in [0.2, 0.25) is 0 Å². The number of methoxy groups -OCH3 is 1. The van der Waals surface area contributed by atoms with E-state index >= 15 is 0 Å². The van der Waals surface area contributed by atoms with E-state index in [2.05, 4.69) is 29.2 Å². The minimum atomic E-state index is -1.82. The van der Waals surface area contributed by atoms with Gasteiger partial charge < -0.3 is 19.7 Å². The number of carbonyl (C=O) groups is 2. The van der Waals surface area contributed by atoms with Gasteiger partial charge in [0.15, 0.2) is 0 Å². The van der Waals surface area contributed by atoms with Crippen LogP contribution >= 0.6 is 0 Å². The molecule has 0 amide bonds. The zero-order chi connectivity index (χ0) is 19.6. The van der Waals surface area contributed by atoms with Crippen molar-refractivity contribution in [1.29, 1.82) is 0 Å². The summed E-state index contributed by atoms with van der Waals surface area (Å²) in [7, 11) is 1.76. The molecule has 27 heavy (non-hydrogen) atoms. The summed E-state index contributed by atoms with van der Waals surface area (Å²) < 4.78 is 11.7. The van der Waals surface area contributed by atoms with Gasteiger partial charge in [-0.1, -0.05) is 48.5 Å². The van der Waals surface area contributed by atoms with Crippen molar-refractivity contribution < 1.29 is 29.3 Å². The van der Waals surface area contributed by atoms with Gasteiger partial charge in [-0.3, -0.25) is 4.90 Å². The topological polar surface area (TPSA) is 96.3 Å². The first-order chi connectivity index (χ1) is 13.0. The quantitative estimate of drug-likeness (QED) is 0.775. The molecule has 2 aromatic rings. The standard InChI is InChI=1S/C18H21NO2.C2H2O4/c1-20-17-13-19(12-15-8-4-2-5-9-15)14-18(17)21-16-10-6-3-7-11-16;3-1(4)2(5)6/h2-11,17-18H,12-14H2,1H3;(H,3,4)(H,5,6)/t17-,18-;/m0./s1. The third-order valence-corrected chi connectivity index (χ3v) is 4.06. The van der Waals surface area contributed by atoms with Crippen molar-refractivity contribution >= 4 is 11.9 Å². The molecule has 2 N–H and O–H groups in total. The van der Waals surface area contributed by atoms with E-state index in [0.29, 0.717) is 0 Å². The second kappa shape index (κ2) is 10.3. The maximum absolute atomic E-state index is 9.10. The van der Waals surface area contributed by atoms with E-state index in [-0.39, 0.29) is 12.2 Å². The van der Waals surface area contributed by atoms with Crippen molar-refractivity contribution in [3.8, 4) is 5.75 Å². The summed E-state index contributed by atoms with van der Waals surface area (Å²) in [6.07, 6.45) is 0.204. The fourth-order valence-electron chi connectivity index (χ4n) is 2.80. The van der Waals surface area contributed by atoms with Crippen LogP contribution in [0, 0.1) is 0 Å². The van der Waals surface area contributed by atoms with Crippen molar-refractivity contribution in [2.24, 2.45) is 0 Å². The van der Waals surface area contributed by atoms with Gasteiger partial charge in [0.1, 0.15) is 18.0 Å². The zero-order valence-corrected chi connectivity index (χ0v) is 15.0. The summed E-state index contributed by atoms with van der Waals surface area (Å²) in [5.41, 5.74) is 1.33. The number of benzene rings is 2. The number of carboxylic acid groups (broad SMARTS) is 2. The molecule has 0 bridgehead atoms. The van der Waals surface area contributed by atoms with E-state index in [1.807, 2.05) is 36.4 Å². The van der Waals surface area contributed by atoms with E-state index in [9.17, 15) is 0 Å². The molecule has 0 spiro atoms. The van der Waals surface area contributed by atoms with Gasteiger partial charge >= 0.3 is 11.9 Å². The van der Waals surface area contributed by atoms with E-state index < -0.39 is 11.9 Å². The highest BCUT2D eigenvalue weighted by molar-refractivity contribution is 6.27. The van der Waals surface area contributed by atoms with Crippen molar-refractivity contribution in [3.63, 3.8) is 0 Å². The van der Waals surface area contributed by atoms with Gasteiger partial charge in [-0.2, -0.15) is 0 Å². The Labute approximate surface area is 157 Å². The lowest BCUT2D eigenvalue weighted by Crippen LogP contribution is -2.31. The summed E-state index contributed by atoms with van der Waals surface area (Å²) in [5.74, 6) is -2.74. The number of rotatable bonds is 5. The first-order valence-corrected chi connectivity index (χ1v) is 8.46. The normalized spacial score (nSPS) is 19.0. The van der Waals surface area contributed by atoms with Gasteiger partial charge in [0.25, 0.3) is 0 Å². The van der Waals surface area contributed by atoms with E-state index in [4.69, 9.17) is 29.3 Å². The van der Waals surface area contributed by atoms with E-state index in [0.717, 1.165) is 25.4 Å². The van der Waals surface area contributed by atoms with Crippen LogP contribution in [0.2, 0.25) is 0 Å². The van der Waals surface area contributed by atoms with Gasteiger partial charge in [-0.05, 0) is 17.7 Å². The molecule has 1 heterocycles. The number of ether oxygens (including phenoxy) is 2. The third kappa shape index (κ3) is 6.73. The summed E-state index contributed by atoms with van der Waals surface area (Å²) in [6, 6.07) is 20.5. The SMILES string of the molecule is CO[C@H]1CN(Cc2ccccc2)C[C@@H]1Oc1ccccc1.O=C(O)C(=O)O. The monoisotopic (exact) mass is 373 g/mol. The van der Waals surface area contributed by atoms with Crippen LogP contribution in [0.15, 0.2) is 60.7 Å². The fourth-order valence-corrected chi connectivity index (χ4v) is 2.80. The van der Waals surface area contributed by atoms with Gasteiger partial charge in [-0.25, -0.2) is 9.59 Å². The minimum Gasteiger partial charge on any atom is -0.486 e. The maximum atomic E-state index is 9.10. The number of para-hydroxylation sites is 1. The second-order valence-corrected chi connectivity index (χ2v) is 6.03. The molecular formula is C20H23NO6. The average Bonchev–Trinajstić information content (AvgIpc) is 3.05.